The van der Waals surface area contributed by atoms with Crippen molar-refractivity contribution in [3.8, 4) is 6.07 Å². The maximum absolute atomic E-state index is 13.1. The summed E-state index contributed by atoms with van der Waals surface area (Å²) in [5.41, 5.74) is 0.144. The van der Waals surface area contributed by atoms with Gasteiger partial charge in [0.2, 0.25) is 0 Å². The number of carboxylic acids is 1. The highest BCUT2D eigenvalue weighted by atomic mass is 19.1. The van der Waals surface area contributed by atoms with Crippen molar-refractivity contribution < 1.29 is 19.1 Å². The van der Waals surface area contributed by atoms with Crippen LogP contribution in [-0.4, -0.2) is 17.0 Å². The number of carbonyl (C=O) groups is 2. The Labute approximate surface area is 119 Å². The van der Waals surface area contributed by atoms with E-state index in [1.54, 1.807) is 0 Å². The first-order chi connectivity index (χ1) is 10.0. The van der Waals surface area contributed by atoms with Crippen molar-refractivity contribution in [3.63, 3.8) is 0 Å². The zero-order valence-electron chi connectivity index (χ0n) is 10.6. The second-order valence-corrected chi connectivity index (χ2v) is 4.14. The third kappa shape index (κ3) is 3.22. The summed E-state index contributed by atoms with van der Waals surface area (Å²) in [6, 6.07) is 10.9. The van der Waals surface area contributed by atoms with Gasteiger partial charge < -0.3 is 10.4 Å². The number of aromatic carboxylic acids is 1. The van der Waals surface area contributed by atoms with E-state index in [4.69, 9.17) is 10.4 Å². The standard InChI is InChI=1S/C15H9FN2O3/c16-11-4-5-13(12(7-11)15(20)21)18-14(19)10-3-1-2-9(6-10)8-17/h1-7H,(H,18,19)(H,20,21). The molecule has 0 atom stereocenters. The predicted molar refractivity (Wildman–Crippen MR) is 72.5 cm³/mol. The summed E-state index contributed by atoms with van der Waals surface area (Å²) >= 11 is 0. The monoisotopic (exact) mass is 284 g/mol. The zero-order chi connectivity index (χ0) is 15.4. The molecule has 0 aliphatic carbocycles. The Morgan fingerprint density at radius 1 is 1.19 bits per heavy atom. The molecule has 0 aliphatic heterocycles. The number of carbonyl (C=O) groups excluding carboxylic acids is 1. The number of carboxylic acid groups (broad SMARTS) is 1. The summed E-state index contributed by atoms with van der Waals surface area (Å²) in [4.78, 5) is 23.1. The van der Waals surface area contributed by atoms with Crippen molar-refractivity contribution in [1.82, 2.24) is 0 Å². The molecule has 0 saturated carbocycles. The van der Waals surface area contributed by atoms with E-state index in [-0.39, 0.29) is 16.8 Å². The third-order valence-corrected chi connectivity index (χ3v) is 2.71. The molecule has 2 aromatic rings. The molecule has 0 saturated heterocycles. The summed E-state index contributed by atoms with van der Waals surface area (Å²) in [6.45, 7) is 0. The summed E-state index contributed by atoms with van der Waals surface area (Å²) in [5, 5.41) is 20.2. The number of nitrogens with one attached hydrogen (secondary N) is 1. The number of amides is 1. The van der Waals surface area contributed by atoms with Crippen LogP contribution in [0.1, 0.15) is 26.3 Å². The van der Waals surface area contributed by atoms with Crippen LogP contribution in [0, 0.1) is 17.1 Å². The quantitative estimate of drug-likeness (QED) is 0.906. The van der Waals surface area contributed by atoms with Crippen LogP contribution in [0.15, 0.2) is 42.5 Å². The van der Waals surface area contributed by atoms with Crippen LogP contribution in [0.5, 0.6) is 0 Å². The molecule has 2 aromatic carbocycles. The molecule has 1 amide bonds. The number of halogens is 1. The molecule has 0 heterocycles. The average molecular weight is 284 g/mol. The Bertz CT molecular complexity index is 766. The highest BCUT2D eigenvalue weighted by molar-refractivity contribution is 6.07. The molecular weight excluding hydrogens is 275 g/mol. The zero-order valence-corrected chi connectivity index (χ0v) is 10.6. The van der Waals surface area contributed by atoms with Crippen LogP contribution in [0.25, 0.3) is 0 Å². The summed E-state index contributed by atoms with van der Waals surface area (Å²) in [5.74, 6) is -2.64. The largest absolute Gasteiger partial charge is 0.478 e. The number of hydrogen-bond donors (Lipinski definition) is 2. The lowest BCUT2D eigenvalue weighted by Gasteiger charge is -2.08. The number of anilines is 1. The predicted octanol–water partition coefficient (Wildman–Crippen LogP) is 2.65. The fraction of sp³-hybridized carbons (Fsp3) is 0. The van der Waals surface area contributed by atoms with Crippen molar-refractivity contribution >= 4 is 17.6 Å². The fourth-order valence-corrected chi connectivity index (χ4v) is 1.73. The topological polar surface area (TPSA) is 90.2 Å². The number of nitrogens with zero attached hydrogens (tertiary/aromatic N) is 1. The van der Waals surface area contributed by atoms with E-state index < -0.39 is 17.7 Å². The molecule has 0 spiro atoms. The van der Waals surface area contributed by atoms with Gasteiger partial charge in [-0.25, -0.2) is 9.18 Å². The van der Waals surface area contributed by atoms with Gasteiger partial charge in [-0.15, -0.1) is 0 Å². The Balaban J connectivity index is 2.32. The van der Waals surface area contributed by atoms with Gasteiger partial charge in [0.1, 0.15) is 5.82 Å². The lowest BCUT2D eigenvalue weighted by Crippen LogP contribution is -2.15. The van der Waals surface area contributed by atoms with E-state index in [0.29, 0.717) is 5.56 Å². The minimum atomic E-state index is -1.35. The number of nitriles is 1. The van der Waals surface area contributed by atoms with E-state index in [1.807, 2.05) is 6.07 Å². The molecule has 5 nitrogen and oxygen atoms in total. The van der Waals surface area contributed by atoms with Gasteiger partial charge in [0.05, 0.1) is 22.9 Å². The molecule has 2 rings (SSSR count). The van der Waals surface area contributed by atoms with Crippen LogP contribution in [0.3, 0.4) is 0 Å². The Hall–Kier alpha value is -3.20. The third-order valence-electron chi connectivity index (χ3n) is 2.71. The minimum Gasteiger partial charge on any atom is -0.478 e. The van der Waals surface area contributed by atoms with Gasteiger partial charge in [0.25, 0.3) is 5.91 Å². The van der Waals surface area contributed by atoms with Crippen molar-refractivity contribution in [2.45, 2.75) is 0 Å². The first-order valence-electron chi connectivity index (χ1n) is 5.85. The van der Waals surface area contributed by atoms with Gasteiger partial charge >= 0.3 is 5.97 Å². The molecule has 21 heavy (non-hydrogen) atoms. The Morgan fingerprint density at radius 3 is 2.62 bits per heavy atom. The van der Waals surface area contributed by atoms with Crippen molar-refractivity contribution in [2.24, 2.45) is 0 Å². The van der Waals surface area contributed by atoms with E-state index in [2.05, 4.69) is 5.32 Å². The summed E-state index contributed by atoms with van der Waals surface area (Å²) in [6.07, 6.45) is 0. The molecule has 2 N–H and O–H groups in total. The van der Waals surface area contributed by atoms with E-state index in [9.17, 15) is 14.0 Å². The first-order valence-corrected chi connectivity index (χ1v) is 5.85. The number of benzene rings is 2. The molecule has 0 radical (unpaired) electrons. The first kappa shape index (κ1) is 14.2. The molecule has 0 fully saturated rings. The van der Waals surface area contributed by atoms with Crippen LogP contribution >= 0.6 is 0 Å². The molecule has 0 aromatic heterocycles. The Kier molecular flexibility index (Phi) is 3.95. The number of rotatable bonds is 3. The molecule has 0 aliphatic rings. The maximum Gasteiger partial charge on any atom is 0.337 e. The lowest BCUT2D eigenvalue weighted by atomic mass is 10.1. The van der Waals surface area contributed by atoms with Gasteiger partial charge in [0.15, 0.2) is 0 Å². The maximum atomic E-state index is 13.1. The van der Waals surface area contributed by atoms with Crippen LogP contribution < -0.4 is 5.32 Å². The summed E-state index contributed by atoms with van der Waals surface area (Å²) in [7, 11) is 0. The fourth-order valence-electron chi connectivity index (χ4n) is 1.73. The van der Waals surface area contributed by atoms with Gasteiger partial charge in [-0.05, 0) is 36.4 Å². The highest BCUT2D eigenvalue weighted by Gasteiger charge is 2.14. The second kappa shape index (κ2) is 5.84. The van der Waals surface area contributed by atoms with E-state index in [1.165, 1.54) is 30.3 Å². The normalized spacial score (nSPS) is 9.71. The molecule has 104 valence electrons. The van der Waals surface area contributed by atoms with Crippen molar-refractivity contribution in [1.29, 1.82) is 5.26 Å². The lowest BCUT2D eigenvalue weighted by molar-refractivity contribution is 0.0697. The van der Waals surface area contributed by atoms with Gasteiger partial charge in [-0.3, -0.25) is 4.79 Å². The molecular formula is C15H9FN2O3. The average Bonchev–Trinajstić information content (AvgIpc) is 2.48. The van der Waals surface area contributed by atoms with Crippen LogP contribution in [-0.2, 0) is 0 Å². The molecule has 0 unspecified atom stereocenters. The van der Waals surface area contributed by atoms with Gasteiger partial charge in [0, 0.05) is 5.56 Å². The second-order valence-electron chi connectivity index (χ2n) is 4.14. The van der Waals surface area contributed by atoms with Crippen LogP contribution in [0.4, 0.5) is 10.1 Å². The smallest absolute Gasteiger partial charge is 0.337 e. The van der Waals surface area contributed by atoms with Crippen molar-refractivity contribution in [3.05, 3.63) is 65.0 Å². The van der Waals surface area contributed by atoms with Crippen LogP contribution in [0.2, 0.25) is 0 Å². The van der Waals surface area contributed by atoms with E-state index in [0.717, 1.165) is 12.1 Å². The van der Waals surface area contributed by atoms with Gasteiger partial charge in [-0.2, -0.15) is 5.26 Å². The molecule has 0 bridgehead atoms. The minimum absolute atomic E-state index is 0.0174. The summed E-state index contributed by atoms with van der Waals surface area (Å²) < 4.78 is 13.1. The van der Waals surface area contributed by atoms with E-state index >= 15 is 0 Å². The number of hydrogen-bond acceptors (Lipinski definition) is 3. The van der Waals surface area contributed by atoms with Crippen molar-refractivity contribution in [2.75, 3.05) is 5.32 Å². The Morgan fingerprint density at radius 2 is 1.95 bits per heavy atom. The van der Waals surface area contributed by atoms with Gasteiger partial charge in [-0.1, -0.05) is 6.07 Å². The molecule has 6 heteroatoms. The highest BCUT2D eigenvalue weighted by Crippen LogP contribution is 2.18. The SMILES string of the molecule is N#Cc1cccc(C(=O)Nc2ccc(F)cc2C(=O)O)c1.